The van der Waals surface area contributed by atoms with Crippen LogP contribution < -0.4 is 19.7 Å². The predicted octanol–water partition coefficient (Wildman–Crippen LogP) is 1.58. The largest absolute Gasteiger partial charge is 0.454 e. The molecule has 0 aliphatic carbocycles. The zero-order valence-electron chi connectivity index (χ0n) is 12.3. The van der Waals surface area contributed by atoms with Crippen molar-refractivity contribution in [2.75, 3.05) is 30.2 Å². The molecule has 2 N–H and O–H groups in total. The normalized spacial score (nSPS) is 19.7. The van der Waals surface area contributed by atoms with Crippen LogP contribution >= 0.6 is 0 Å². The minimum absolute atomic E-state index is 0.0322. The van der Waals surface area contributed by atoms with Crippen molar-refractivity contribution < 1.29 is 19.4 Å². The molecule has 0 saturated heterocycles. The van der Waals surface area contributed by atoms with Gasteiger partial charge in [0.15, 0.2) is 11.5 Å². The lowest BCUT2D eigenvalue weighted by atomic mass is 9.98. The fraction of sp³-hybridized carbons (Fsp3) is 0.533. The molecule has 1 aromatic rings. The summed E-state index contributed by atoms with van der Waals surface area (Å²) in [6.07, 6.45) is 0.546. The minimum Gasteiger partial charge on any atom is -0.454 e. The third-order valence-corrected chi connectivity index (χ3v) is 3.83. The van der Waals surface area contributed by atoms with Gasteiger partial charge in [-0.1, -0.05) is 13.8 Å². The molecule has 1 amide bonds. The molecule has 6 nitrogen and oxygen atoms in total. The number of rotatable bonds is 4. The van der Waals surface area contributed by atoms with Crippen LogP contribution in [0.5, 0.6) is 11.5 Å². The molecule has 0 fully saturated rings. The van der Waals surface area contributed by atoms with Gasteiger partial charge in [0, 0.05) is 25.3 Å². The maximum atomic E-state index is 12.6. The first-order valence-electron chi connectivity index (χ1n) is 7.24. The van der Waals surface area contributed by atoms with E-state index >= 15 is 0 Å². The number of carbonyl (C=O) groups is 1. The second kappa shape index (κ2) is 5.44. The lowest BCUT2D eigenvalue weighted by molar-refractivity contribution is -0.120. The van der Waals surface area contributed by atoms with Gasteiger partial charge < -0.3 is 24.8 Å². The van der Waals surface area contributed by atoms with Crippen molar-refractivity contribution in [2.45, 2.75) is 26.3 Å². The molecule has 0 spiro atoms. The SMILES string of the molecule is CC(C)C1Nc2cc3c(cc2N(CCCO)C1=O)OCO3. The summed E-state index contributed by atoms with van der Waals surface area (Å²) in [7, 11) is 0. The van der Waals surface area contributed by atoms with E-state index in [1.54, 1.807) is 4.90 Å². The Labute approximate surface area is 123 Å². The first kappa shape index (κ1) is 14.0. The molecule has 6 heteroatoms. The molecular formula is C15H20N2O4. The highest BCUT2D eigenvalue weighted by Crippen LogP contribution is 2.43. The molecule has 2 heterocycles. The number of benzene rings is 1. The van der Waals surface area contributed by atoms with E-state index in [2.05, 4.69) is 5.32 Å². The molecule has 3 rings (SSSR count). The zero-order valence-corrected chi connectivity index (χ0v) is 12.3. The Balaban J connectivity index is 2.01. The van der Waals surface area contributed by atoms with E-state index in [4.69, 9.17) is 14.6 Å². The van der Waals surface area contributed by atoms with E-state index in [-0.39, 0.29) is 31.3 Å². The fourth-order valence-electron chi connectivity index (χ4n) is 2.70. The van der Waals surface area contributed by atoms with Crippen LogP contribution in [-0.4, -0.2) is 37.0 Å². The van der Waals surface area contributed by atoms with Gasteiger partial charge in [-0.3, -0.25) is 4.79 Å². The number of ether oxygens (including phenoxy) is 2. The molecule has 1 atom stereocenters. The zero-order chi connectivity index (χ0) is 15.0. The maximum absolute atomic E-state index is 12.6. The van der Waals surface area contributed by atoms with Crippen molar-refractivity contribution >= 4 is 17.3 Å². The van der Waals surface area contributed by atoms with Crippen LogP contribution in [0.3, 0.4) is 0 Å². The predicted molar refractivity (Wildman–Crippen MR) is 78.9 cm³/mol. The van der Waals surface area contributed by atoms with Crippen LogP contribution in [0.1, 0.15) is 20.3 Å². The van der Waals surface area contributed by atoms with Gasteiger partial charge >= 0.3 is 0 Å². The monoisotopic (exact) mass is 292 g/mol. The van der Waals surface area contributed by atoms with E-state index in [1.807, 2.05) is 26.0 Å². The van der Waals surface area contributed by atoms with Crippen LogP contribution in [0.15, 0.2) is 12.1 Å². The van der Waals surface area contributed by atoms with Crippen LogP contribution in [0.4, 0.5) is 11.4 Å². The Morgan fingerprint density at radius 3 is 2.76 bits per heavy atom. The fourth-order valence-corrected chi connectivity index (χ4v) is 2.70. The Bertz CT molecular complexity index is 559. The van der Waals surface area contributed by atoms with Crippen molar-refractivity contribution in [2.24, 2.45) is 5.92 Å². The smallest absolute Gasteiger partial charge is 0.249 e. The maximum Gasteiger partial charge on any atom is 0.249 e. The summed E-state index contributed by atoms with van der Waals surface area (Å²) in [6.45, 7) is 4.78. The highest BCUT2D eigenvalue weighted by molar-refractivity contribution is 6.05. The summed E-state index contributed by atoms with van der Waals surface area (Å²) in [5, 5.41) is 12.4. The summed E-state index contributed by atoms with van der Waals surface area (Å²) in [5.41, 5.74) is 1.66. The van der Waals surface area contributed by atoms with E-state index in [0.29, 0.717) is 24.5 Å². The summed E-state index contributed by atoms with van der Waals surface area (Å²) in [5.74, 6) is 1.55. The molecule has 0 saturated carbocycles. The lowest BCUT2D eigenvalue weighted by Gasteiger charge is -2.37. The van der Waals surface area contributed by atoms with Crippen molar-refractivity contribution in [3.63, 3.8) is 0 Å². The second-order valence-corrected chi connectivity index (χ2v) is 5.66. The number of anilines is 2. The average Bonchev–Trinajstić information content (AvgIpc) is 2.90. The molecule has 2 aliphatic heterocycles. The number of aliphatic hydroxyl groups excluding tert-OH is 1. The molecule has 21 heavy (non-hydrogen) atoms. The van der Waals surface area contributed by atoms with E-state index in [0.717, 1.165) is 11.4 Å². The molecule has 0 radical (unpaired) electrons. The van der Waals surface area contributed by atoms with Gasteiger partial charge in [0.2, 0.25) is 12.7 Å². The minimum atomic E-state index is -0.267. The molecule has 1 unspecified atom stereocenters. The number of aliphatic hydroxyl groups is 1. The van der Waals surface area contributed by atoms with E-state index in [1.165, 1.54) is 0 Å². The molecule has 0 aromatic heterocycles. The summed E-state index contributed by atoms with van der Waals surface area (Å²) in [4.78, 5) is 14.4. The highest BCUT2D eigenvalue weighted by atomic mass is 16.7. The first-order valence-corrected chi connectivity index (χ1v) is 7.24. The van der Waals surface area contributed by atoms with Gasteiger partial charge in [0.05, 0.1) is 11.4 Å². The molecule has 0 bridgehead atoms. The average molecular weight is 292 g/mol. The van der Waals surface area contributed by atoms with Gasteiger partial charge in [0.1, 0.15) is 6.04 Å². The van der Waals surface area contributed by atoms with Gasteiger partial charge in [-0.05, 0) is 12.3 Å². The number of amides is 1. The number of hydrogen-bond donors (Lipinski definition) is 2. The van der Waals surface area contributed by atoms with Crippen LogP contribution in [-0.2, 0) is 4.79 Å². The van der Waals surface area contributed by atoms with Crippen LogP contribution in [0.25, 0.3) is 0 Å². The third-order valence-electron chi connectivity index (χ3n) is 3.83. The van der Waals surface area contributed by atoms with Crippen molar-refractivity contribution in [1.29, 1.82) is 0 Å². The quantitative estimate of drug-likeness (QED) is 0.881. The summed E-state index contributed by atoms with van der Waals surface area (Å²) < 4.78 is 10.8. The van der Waals surface area contributed by atoms with Crippen molar-refractivity contribution in [3.05, 3.63) is 12.1 Å². The number of nitrogens with one attached hydrogen (secondary N) is 1. The van der Waals surface area contributed by atoms with Gasteiger partial charge in [-0.25, -0.2) is 0 Å². The Morgan fingerprint density at radius 2 is 2.10 bits per heavy atom. The summed E-state index contributed by atoms with van der Waals surface area (Å²) in [6, 6.07) is 3.44. The topological polar surface area (TPSA) is 71.0 Å². The molecule has 2 aliphatic rings. The molecule has 114 valence electrons. The number of hydrogen-bond acceptors (Lipinski definition) is 5. The number of nitrogens with zero attached hydrogens (tertiary/aromatic N) is 1. The van der Waals surface area contributed by atoms with Gasteiger partial charge in [-0.2, -0.15) is 0 Å². The molecule has 1 aromatic carbocycles. The van der Waals surface area contributed by atoms with Crippen molar-refractivity contribution in [1.82, 2.24) is 0 Å². The standard InChI is InChI=1S/C15H20N2O4/c1-9(2)14-15(19)17(4-3-5-18)11-7-13-12(20-8-21-13)6-10(11)16-14/h6-7,9,14,16,18H,3-5,8H2,1-2H3. The summed E-state index contributed by atoms with van der Waals surface area (Å²) >= 11 is 0. The van der Waals surface area contributed by atoms with Crippen LogP contribution in [0.2, 0.25) is 0 Å². The van der Waals surface area contributed by atoms with Gasteiger partial charge in [0.25, 0.3) is 0 Å². The molecular weight excluding hydrogens is 272 g/mol. The first-order chi connectivity index (χ1) is 10.1. The third kappa shape index (κ3) is 2.40. The Hall–Kier alpha value is -1.95. The number of carbonyl (C=O) groups excluding carboxylic acids is 1. The van der Waals surface area contributed by atoms with Gasteiger partial charge in [-0.15, -0.1) is 0 Å². The van der Waals surface area contributed by atoms with E-state index < -0.39 is 0 Å². The lowest BCUT2D eigenvalue weighted by Crippen LogP contribution is -2.50. The van der Waals surface area contributed by atoms with Crippen molar-refractivity contribution in [3.8, 4) is 11.5 Å². The number of fused-ring (bicyclic) bond motifs is 2. The Kier molecular flexibility index (Phi) is 3.63. The van der Waals surface area contributed by atoms with Crippen LogP contribution in [0, 0.1) is 5.92 Å². The Morgan fingerprint density at radius 1 is 1.38 bits per heavy atom. The highest BCUT2D eigenvalue weighted by Gasteiger charge is 2.35. The van der Waals surface area contributed by atoms with E-state index in [9.17, 15) is 4.79 Å². The second-order valence-electron chi connectivity index (χ2n) is 5.66.